The summed E-state index contributed by atoms with van der Waals surface area (Å²) in [5.41, 5.74) is 3.04. The topological polar surface area (TPSA) is 85.0 Å². The zero-order valence-corrected chi connectivity index (χ0v) is 16.6. The van der Waals surface area contributed by atoms with Crippen LogP contribution in [0.5, 0.6) is 0 Å². The Hall–Kier alpha value is -3.09. The van der Waals surface area contributed by atoms with Crippen molar-refractivity contribution in [2.45, 2.75) is 39.0 Å². The largest absolute Gasteiger partial charge is 0.342 e. The molecule has 0 radical (unpaired) electrons. The number of aryl methyl sites for hydroxylation is 2. The number of nitrogens with zero attached hydrogens (tertiary/aromatic N) is 5. The Kier molecular flexibility index (Phi) is 5.93. The molecule has 2 aromatic heterocycles. The van der Waals surface area contributed by atoms with E-state index >= 15 is 0 Å². The van der Waals surface area contributed by atoms with E-state index in [4.69, 9.17) is 4.52 Å². The molecule has 1 saturated heterocycles. The van der Waals surface area contributed by atoms with Crippen LogP contribution in [0.3, 0.4) is 0 Å². The van der Waals surface area contributed by atoms with Gasteiger partial charge in [0.25, 0.3) is 0 Å². The monoisotopic (exact) mass is 391 g/mol. The predicted molar refractivity (Wildman–Crippen MR) is 108 cm³/mol. The van der Waals surface area contributed by atoms with Gasteiger partial charge in [0.05, 0.1) is 6.20 Å². The molecule has 0 spiro atoms. The molecule has 0 bridgehead atoms. The number of carbonyl (C=O) groups is 1. The molecule has 150 valence electrons. The van der Waals surface area contributed by atoms with Gasteiger partial charge in [-0.15, -0.1) is 0 Å². The Labute approximate surface area is 170 Å². The third-order valence-electron chi connectivity index (χ3n) is 5.31. The molecule has 1 aliphatic rings. The van der Waals surface area contributed by atoms with Crippen LogP contribution in [0, 0.1) is 12.8 Å². The first kappa shape index (κ1) is 19.2. The lowest BCUT2D eigenvalue weighted by Gasteiger charge is -2.32. The van der Waals surface area contributed by atoms with Crippen LogP contribution in [-0.2, 0) is 17.6 Å². The summed E-state index contributed by atoms with van der Waals surface area (Å²) in [4.78, 5) is 27.4. The van der Waals surface area contributed by atoms with E-state index in [-0.39, 0.29) is 5.91 Å². The van der Waals surface area contributed by atoms with Crippen molar-refractivity contribution >= 4 is 5.91 Å². The van der Waals surface area contributed by atoms with Gasteiger partial charge >= 0.3 is 0 Å². The molecular weight excluding hydrogens is 366 g/mol. The number of hydrogen-bond donors (Lipinski definition) is 0. The van der Waals surface area contributed by atoms with Gasteiger partial charge in [0.15, 0.2) is 0 Å². The normalized spacial score (nSPS) is 16.7. The average Bonchev–Trinajstić information content (AvgIpc) is 3.21. The minimum Gasteiger partial charge on any atom is -0.342 e. The summed E-state index contributed by atoms with van der Waals surface area (Å²) in [5.74, 6) is 1.60. The molecule has 7 heteroatoms. The molecular formula is C22H25N5O2. The van der Waals surface area contributed by atoms with Crippen LogP contribution in [0.1, 0.15) is 36.3 Å². The van der Waals surface area contributed by atoms with Crippen molar-refractivity contribution in [3.63, 3.8) is 0 Å². The second-order valence-corrected chi connectivity index (χ2v) is 7.64. The van der Waals surface area contributed by atoms with Crippen molar-refractivity contribution in [1.29, 1.82) is 0 Å². The van der Waals surface area contributed by atoms with Gasteiger partial charge in [0, 0.05) is 38.3 Å². The van der Waals surface area contributed by atoms with Crippen LogP contribution < -0.4 is 0 Å². The molecule has 29 heavy (non-hydrogen) atoms. The molecule has 0 N–H and O–H groups in total. The number of likely N-dealkylation sites (tertiary alicyclic amines) is 1. The SMILES string of the molecule is Cc1cccc(CCC(=O)N2CCCC(Cc3nc(-c4cnccn4)no3)C2)c1. The van der Waals surface area contributed by atoms with Gasteiger partial charge < -0.3 is 9.42 Å². The van der Waals surface area contributed by atoms with E-state index in [1.807, 2.05) is 11.0 Å². The summed E-state index contributed by atoms with van der Waals surface area (Å²) in [6.45, 7) is 3.65. The van der Waals surface area contributed by atoms with E-state index in [0.717, 1.165) is 32.4 Å². The Morgan fingerprint density at radius 2 is 2.24 bits per heavy atom. The van der Waals surface area contributed by atoms with Crippen LogP contribution in [-0.4, -0.2) is 44.0 Å². The van der Waals surface area contributed by atoms with Crippen molar-refractivity contribution in [2.75, 3.05) is 13.1 Å². The van der Waals surface area contributed by atoms with E-state index in [0.29, 0.717) is 36.2 Å². The lowest BCUT2D eigenvalue weighted by molar-refractivity contribution is -0.133. The van der Waals surface area contributed by atoms with Gasteiger partial charge in [-0.25, -0.2) is 4.98 Å². The first-order chi connectivity index (χ1) is 14.2. The van der Waals surface area contributed by atoms with Gasteiger partial charge in [-0.2, -0.15) is 4.98 Å². The first-order valence-corrected chi connectivity index (χ1v) is 10.1. The van der Waals surface area contributed by atoms with Gasteiger partial charge in [-0.3, -0.25) is 9.78 Å². The van der Waals surface area contributed by atoms with Gasteiger partial charge in [-0.1, -0.05) is 35.0 Å². The highest BCUT2D eigenvalue weighted by Crippen LogP contribution is 2.22. The highest BCUT2D eigenvalue weighted by molar-refractivity contribution is 5.76. The van der Waals surface area contributed by atoms with Gasteiger partial charge in [0.1, 0.15) is 5.69 Å². The number of piperidine rings is 1. The minimum absolute atomic E-state index is 0.224. The summed E-state index contributed by atoms with van der Waals surface area (Å²) in [5, 5.41) is 4.01. The summed E-state index contributed by atoms with van der Waals surface area (Å²) in [7, 11) is 0. The minimum atomic E-state index is 0.224. The smallest absolute Gasteiger partial charge is 0.227 e. The summed E-state index contributed by atoms with van der Waals surface area (Å²) < 4.78 is 5.40. The molecule has 1 fully saturated rings. The molecule has 0 saturated carbocycles. The number of rotatable bonds is 6. The van der Waals surface area contributed by atoms with Gasteiger partial charge in [-0.05, 0) is 37.7 Å². The molecule has 7 nitrogen and oxygen atoms in total. The summed E-state index contributed by atoms with van der Waals surface area (Å²) in [6, 6.07) is 8.36. The van der Waals surface area contributed by atoms with Gasteiger partial charge in [0.2, 0.25) is 17.6 Å². The van der Waals surface area contributed by atoms with Crippen molar-refractivity contribution in [2.24, 2.45) is 5.92 Å². The van der Waals surface area contributed by atoms with Crippen molar-refractivity contribution in [1.82, 2.24) is 25.0 Å². The maximum atomic E-state index is 12.7. The van der Waals surface area contributed by atoms with Crippen molar-refractivity contribution in [3.8, 4) is 11.5 Å². The fourth-order valence-electron chi connectivity index (χ4n) is 3.84. The molecule has 1 amide bonds. The second-order valence-electron chi connectivity index (χ2n) is 7.64. The van der Waals surface area contributed by atoms with Crippen LogP contribution in [0.25, 0.3) is 11.5 Å². The summed E-state index contributed by atoms with van der Waals surface area (Å²) >= 11 is 0. The first-order valence-electron chi connectivity index (χ1n) is 10.1. The van der Waals surface area contributed by atoms with Crippen LogP contribution in [0.2, 0.25) is 0 Å². The second kappa shape index (κ2) is 8.94. The number of carbonyl (C=O) groups excluding carboxylic acids is 1. The Morgan fingerprint density at radius 3 is 3.07 bits per heavy atom. The molecule has 1 aromatic carbocycles. The predicted octanol–water partition coefficient (Wildman–Crippen LogP) is 3.25. The highest BCUT2D eigenvalue weighted by Gasteiger charge is 2.25. The number of benzene rings is 1. The third-order valence-corrected chi connectivity index (χ3v) is 5.31. The molecule has 0 aliphatic carbocycles. The standard InChI is InChI=1S/C22H25N5O2/c1-16-4-2-5-17(12-16)7-8-21(28)27-11-3-6-18(15-27)13-20-25-22(26-29-20)19-14-23-9-10-24-19/h2,4-5,9-10,12,14,18H,3,6-8,11,13,15H2,1H3. The fraction of sp³-hybridized carbons (Fsp3) is 0.409. The third kappa shape index (κ3) is 5.04. The number of amides is 1. The summed E-state index contributed by atoms with van der Waals surface area (Å²) in [6.07, 6.45) is 8.90. The Bertz CT molecular complexity index is 957. The van der Waals surface area contributed by atoms with Crippen molar-refractivity contribution in [3.05, 3.63) is 59.9 Å². The van der Waals surface area contributed by atoms with Crippen LogP contribution >= 0.6 is 0 Å². The molecule has 3 heterocycles. The van der Waals surface area contributed by atoms with Crippen LogP contribution in [0.15, 0.2) is 47.4 Å². The van der Waals surface area contributed by atoms with Crippen molar-refractivity contribution < 1.29 is 9.32 Å². The van der Waals surface area contributed by atoms with E-state index < -0.39 is 0 Å². The Morgan fingerprint density at radius 1 is 1.31 bits per heavy atom. The van der Waals surface area contributed by atoms with Crippen LogP contribution in [0.4, 0.5) is 0 Å². The number of hydrogen-bond acceptors (Lipinski definition) is 6. The van der Waals surface area contributed by atoms with E-state index in [9.17, 15) is 4.79 Å². The van der Waals surface area contributed by atoms with E-state index in [1.54, 1.807) is 18.6 Å². The Balaban J connectivity index is 1.31. The quantitative estimate of drug-likeness (QED) is 0.641. The zero-order chi connectivity index (χ0) is 20.1. The lowest BCUT2D eigenvalue weighted by Crippen LogP contribution is -2.40. The maximum absolute atomic E-state index is 12.7. The molecule has 4 rings (SSSR count). The average molecular weight is 391 g/mol. The fourth-order valence-corrected chi connectivity index (χ4v) is 3.84. The van der Waals surface area contributed by atoms with E-state index in [1.165, 1.54) is 11.1 Å². The highest BCUT2D eigenvalue weighted by atomic mass is 16.5. The maximum Gasteiger partial charge on any atom is 0.227 e. The number of aromatic nitrogens is 4. The molecule has 1 unspecified atom stereocenters. The zero-order valence-electron chi connectivity index (χ0n) is 16.6. The molecule has 1 atom stereocenters. The lowest BCUT2D eigenvalue weighted by atomic mass is 9.94. The van der Waals surface area contributed by atoms with E-state index in [2.05, 4.69) is 45.2 Å². The molecule has 1 aliphatic heterocycles. The molecule has 3 aromatic rings.